The molecule has 0 atom stereocenters. The molecule has 2 amide bonds. The number of fused-ring (bicyclic) bond motifs is 3. The third-order valence-corrected chi connectivity index (χ3v) is 6.89. The number of amides is 2. The van der Waals surface area contributed by atoms with Crippen molar-refractivity contribution in [3.63, 3.8) is 0 Å². The number of benzene rings is 2. The molecular weight excluding hydrogens is 416 g/mol. The van der Waals surface area contributed by atoms with Crippen LogP contribution in [0.5, 0.6) is 5.75 Å². The van der Waals surface area contributed by atoms with Crippen LogP contribution < -0.4 is 10.1 Å². The fourth-order valence-electron chi connectivity index (χ4n) is 4.80. The van der Waals surface area contributed by atoms with Crippen LogP contribution in [0.25, 0.3) is 0 Å². The van der Waals surface area contributed by atoms with Gasteiger partial charge in [0.25, 0.3) is 5.91 Å². The molecule has 1 N–H and O–H groups in total. The summed E-state index contributed by atoms with van der Waals surface area (Å²) in [5.41, 5.74) is 4.24. The van der Waals surface area contributed by atoms with Crippen molar-refractivity contribution in [3.8, 4) is 5.75 Å². The van der Waals surface area contributed by atoms with Crippen LogP contribution in [0.4, 0.5) is 0 Å². The summed E-state index contributed by atoms with van der Waals surface area (Å²) >= 11 is 0. The maximum atomic E-state index is 13.2. The summed E-state index contributed by atoms with van der Waals surface area (Å²) < 4.78 is 11.7. The van der Waals surface area contributed by atoms with Crippen molar-refractivity contribution in [1.29, 1.82) is 0 Å². The Morgan fingerprint density at radius 3 is 2.64 bits per heavy atom. The zero-order valence-electron chi connectivity index (χ0n) is 19.1. The summed E-state index contributed by atoms with van der Waals surface area (Å²) in [7, 11) is 0. The zero-order valence-corrected chi connectivity index (χ0v) is 19.1. The van der Waals surface area contributed by atoms with Crippen molar-refractivity contribution < 1.29 is 19.1 Å². The van der Waals surface area contributed by atoms with E-state index in [1.54, 1.807) is 0 Å². The van der Waals surface area contributed by atoms with Crippen LogP contribution in [0.2, 0.25) is 0 Å². The number of nitrogens with zero attached hydrogens (tertiary/aromatic N) is 1. The highest BCUT2D eigenvalue weighted by molar-refractivity contribution is 5.94. The lowest BCUT2D eigenvalue weighted by Gasteiger charge is -2.29. The van der Waals surface area contributed by atoms with Gasteiger partial charge in [0, 0.05) is 44.2 Å². The molecular formula is C27H32N2O4. The quantitative estimate of drug-likeness (QED) is 0.763. The summed E-state index contributed by atoms with van der Waals surface area (Å²) in [5, 5.41) is 2.99. The molecule has 33 heavy (non-hydrogen) atoms. The SMILES string of the molecule is O=C1NCCN(C(=O)C2CCOCC2)CCOc2ccc(C3CC3)cc2Cc2cccc1c2. The van der Waals surface area contributed by atoms with E-state index < -0.39 is 0 Å². The van der Waals surface area contributed by atoms with E-state index in [-0.39, 0.29) is 17.7 Å². The lowest BCUT2D eigenvalue weighted by molar-refractivity contribution is -0.138. The van der Waals surface area contributed by atoms with E-state index in [9.17, 15) is 9.59 Å². The highest BCUT2D eigenvalue weighted by Gasteiger charge is 2.27. The minimum Gasteiger partial charge on any atom is -0.491 e. The van der Waals surface area contributed by atoms with Gasteiger partial charge in [0.05, 0.1) is 6.54 Å². The highest BCUT2D eigenvalue weighted by atomic mass is 16.5. The van der Waals surface area contributed by atoms with Crippen molar-refractivity contribution in [2.75, 3.05) is 39.5 Å². The molecule has 1 saturated carbocycles. The number of carbonyl (C=O) groups is 2. The topological polar surface area (TPSA) is 67.9 Å². The van der Waals surface area contributed by atoms with E-state index in [0.717, 1.165) is 29.7 Å². The minimum absolute atomic E-state index is 0.0154. The molecule has 2 fully saturated rings. The van der Waals surface area contributed by atoms with Gasteiger partial charge < -0.3 is 19.7 Å². The van der Waals surface area contributed by atoms with Crippen molar-refractivity contribution in [3.05, 3.63) is 64.7 Å². The fourth-order valence-corrected chi connectivity index (χ4v) is 4.80. The minimum atomic E-state index is -0.101. The largest absolute Gasteiger partial charge is 0.491 e. The van der Waals surface area contributed by atoms with E-state index in [4.69, 9.17) is 9.47 Å². The second kappa shape index (κ2) is 9.96. The number of hydrogen-bond acceptors (Lipinski definition) is 4. The third-order valence-electron chi connectivity index (χ3n) is 6.89. The van der Waals surface area contributed by atoms with E-state index >= 15 is 0 Å². The lowest BCUT2D eigenvalue weighted by Crippen LogP contribution is -2.44. The molecule has 3 aliphatic rings. The Morgan fingerprint density at radius 1 is 0.970 bits per heavy atom. The van der Waals surface area contributed by atoms with Gasteiger partial charge in [0.15, 0.2) is 0 Å². The number of ether oxygens (including phenoxy) is 2. The van der Waals surface area contributed by atoms with Crippen LogP contribution in [0.1, 0.15) is 58.6 Å². The molecule has 0 spiro atoms. The lowest BCUT2D eigenvalue weighted by atomic mass is 9.98. The summed E-state index contributed by atoms with van der Waals surface area (Å²) in [6.07, 6.45) is 4.71. The second-order valence-corrected chi connectivity index (χ2v) is 9.33. The predicted octanol–water partition coefficient (Wildman–Crippen LogP) is 3.53. The zero-order chi connectivity index (χ0) is 22.6. The van der Waals surface area contributed by atoms with Gasteiger partial charge in [-0.3, -0.25) is 9.59 Å². The molecule has 6 nitrogen and oxygen atoms in total. The van der Waals surface area contributed by atoms with Crippen molar-refractivity contribution in [2.24, 2.45) is 5.92 Å². The van der Waals surface area contributed by atoms with Crippen LogP contribution in [0.3, 0.4) is 0 Å². The van der Waals surface area contributed by atoms with E-state index in [1.165, 1.54) is 18.4 Å². The standard InChI is InChI=1S/C27H32N2O4/c30-26-23-3-1-2-19(16-23)17-24-18-22(20-4-5-20)6-7-25(24)33-15-12-29(11-10-28-26)27(31)21-8-13-32-14-9-21/h1-3,6-7,16,18,20-21H,4-5,8-15,17H2,(H,28,30). The first-order chi connectivity index (χ1) is 16.2. The maximum Gasteiger partial charge on any atom is 0.251 e. The van der Waals surface area contributed by atoms with Crippen LogP contribution in [-0.4, -0.2) is 56.2 Å². The van der Waals surface area contributed by atoms with Gasteiger partial charge in [-0.2, -0.15) is 0 Å². The molecule has 2 aromatic carbocycles. The van der Waals surface area contributed by atoms with Gasteiger partial charge in [0.2, 0.25) is 5.91 Å². The summed E-state index contributed by atoms with van der Waals surface area (Å²) in [5.74, 6) is 1.54. The van der Waals surface area contributed by atoms with Crippen LogP contribution in [-0.2, 0) is 16.0 Å². The van der Waals surface area contributed by atoms with Crippen LogP contribution in [0.15, 0.2) is 42.5 Å². The van der Waals surface area contributed by atoms with Gasteiger partial charge in [-0.15, -0.1) is 0 Å². The van der Waals surface area contributed by atoms with Gasteiger partial charge in [-0.25, -0.2) is 0 Å². The molecule has 5 rings (SSSR count). The first kappa shape index (κ1) is 22.0. The first-order valence-electron chi connectivity index (χ1n) is 12.2. The summed E-state index contributed by atoms with van der Waals surface area (Å²) in [6, 6.07) is 14.3. The number of hydrogen-bond donors (Lipinski definition) is 1. The molecule has 0 radical (unpaired) electrons. The molecule has 1 aliphatic carbocycles. The van der Waals surface area contributed by atoms with E-state index in [1.807, 2.05) is 23.1 Å². The first-order valence-corrected chi connectivity index (χ1v) is 12.2. The van der Waals surface area contributed by atoms with Gasteiger partial charge >= 0.3 is 0 Å². The molecule has 0 aromatic heterocycles. The molecule has 2 bridgehead atoms. The number of nitrogens with one attached hydrogen (secondary N) is 1. The van der Waals surface area contributed by atoms with Crippen molar-refractivity contribution in [2.45, 2.75) is 38.0 Å². The van der Waals surface area contributed by atoms with E-state index in [2.05, 4.69) is 29.6 Å². The molecule has 2 aromatic rings. The van der Waals surface area contributed by atoms with Crippen LogP contribution >= 0.6 is 0 Å². The fraction of sp³-hybridized carbons (Fsp3) is 0.481. The normalized spacial score (nSPS) is 20.2. The molecule has 1 saturated heterocycles. The molecule has 174 valence electrons. The van der Waals surface area contributed by atoms with E-state index in [0.29, 0.717) is 57.4 Å². The Hall–Kier alpha value is -2.86. The van der Waals surface area contributed by atoms with Gasteiger partial charge in [-0.05, 0) is 66.5 Å². The second-order valence-electron chi connectivity index (χ2n) is 9.33. The average Bonchev–Trinajstić information content (AvgIpc) is 3.69. The molecule has 6 heteroatoms. The summed E-state index contributed by atoms with van der Waals surface area (Å²) in [4.78, 5) is 27.8. The van der Waals surface area contributed by atoms with Gasteiger partial charge in [-0.1, -0.05) is 24.3 Å². The Bertz CT molecular complexity index is 1010. The molecule has 2 aliphatic heterocycles. The Balaban J connectivity index is 1.40. The third kappa shape index (κ3) is 5.38. The Kier molecular flexibility index (Phi) is 6.63. The van der Waals surface area contributed by atoms with Crippen molar-refractivity contribution >= 4 is 11.8 Å². The highest BCUT2D eigenvalue weighted by Crippen LogP contribution is 2.41. The smallest absolute Gasteiger partial charge is 0.251 e. The maximum absolute atomic E-state index is 13.2. The van der Waals surface area contributed by atoms with Crippen molar-refractivity contribution in [1.82, 2.24) is 10.2 Å². The number of rotatable bonds is 2. The monoisotopic (exact) mass is 448 g/mol. The molecule has 2 heterocycles. The molecule has 0 unspecified atom stereocenters. The van der Waals surface area contributed by atoms with Gasteiger partial charge in [0.1, 0.15) is 12.4 Å². The Morgan fingerprint density at radius 2 is 1.82 bits per heavy atom. The average molecular weight is 449 g/mol. The predicted molar refractivity (Wildman–Crippen MR) is 126 cm³/mol. The van der Waals surface area contributed by atoms with Crippen LogP contribution in [0, 0.1) is 5.92 Å². The Labute approximate surface area is 195 Å². The number of carbonyl (C=O) groups excluding carboxylic acids is 2. The summed E-state index contributed by atoms with van der Waals surface area (Å²) in [6.45, 7) is 3.08.